The van der Waals surface area contributed by atoms with E-state index in [1.165, 1.54) is 30.3 Å². The Labute approximate surface area is 169 Å². The van der Waals surface area contributed by atoms with Crippen molar-refractivity contribution in [1.29, 1.82) is 0 Å². The Bertz CT molecular complexity index is 1020. The number of benzene rings is 3. The molecule has 2 nitrogen and oxygen atoms in total. The summed E-state index contributed by atoms with van der Waals surface area (Å²) in [6.07, 6.45) is 0.581. The number of nitrogens with zero attached hydrogens (tertiary/aromatic N) is 1. The van der Waals surface area contributed by atoms with Gasteiger partial charge in [-0.05, 0) is 73.0 Å². The van der Waals surface area contributed by atoms with Crippen LogP contribution in [0.5, 0.6) is 5.75 Å². The lowest BCUT2D eigenvalue weighted by Gasteiger charge is -2.44. The highest BCUT2D eigenvalue weighted by atomic mass is 79.9. The van der Waals surface area contributed by atoms with E-state index < -0.39 is 17.7 Å². The molecule has 1 N–H and O–H groups in total. The Balaban J connectivity index is 1.97. The largest absolute Gasteiger partial charge is 0.508 e. The summed E-state index contributed by atoms with van der Waals surface area (Å²) in [5.41, 5.74) is 2.13. The molecule has 0 saturated carbocycles. The lowest BCUT2D eigenvalue weighted by molar-refractivity contribution is 0.466. The fraction of sp³-hybridized carbons (Fsp3) is 0.182. The molecule has 0 radical (unpaired) electrons. The van der Waals surface area contributed by atoms with E-state index in [0.717, 1.165) is 5.56 Å². The summed E-state index contributed by atoms with van der Waals surface area (Å²) in [5, 5.41) is 9.88. The molecule has 2 atom stereocenters. The van der Waals surface area contributed by atoms with E-state index in [1.54, 1.807) is 24.3 Å². The number of fused-ring (bicyclic) bond motifs is 1. The van der Waals surface area contributed by atoms with E-state index in [4.69, 9.17) is 0 Å². The van der Waals surface area contributed by atoms with Crippen molar-refractivity contribution in [3.05, 3.63) is 93.2 Å². The van der Waals surface area contributed by atoms with Crippen LogP contribution in [0.2, 0.25) is 0 Å². The molecule has 0 bridgehead atoms. The van der Waals surface area contributed by atoms with E-state index >= 15 is 0 Å². The van der Waals surface area contributed by atoms with E-state index in [0.29, 0.717) is 22.1 Å². The van der Waals surface area contributed by atoms with E-state index in [9.17, 15) is 18.3 Å². The number of anilines is 1. The molecule has 1 aliphatic rings. The number of hydrogen-bond donors (Lipinski definition) is 1. The number of phenolic OH excluding ortho intramolecular Hbond substituents is 1. The zero-order valence-electron chi connectivity index (χ0n) is 15.0. The van der Waals surface area contributed by atoms with Gasteiger partial charge in [0, 0.05) is 16.2 Å². The molecule has 0 amide bonds. The number of halogens is 4. The van der Waals surface area contributed by atoms with Crippen LogP contribution in [0.3, 0.4) is 0 Å². The maximum absolute atomic E-state index is 14.9. The zero-order valence-corrected chi connectivity index (χ0v) is 16.6. The molecule has 1 aliphatic heterocycles. The second kappa shape index (κ2) is 7.17. The molecule has 28 heavy (non-hydrogen) atoms. The van der Waals surface area contributed by atoms with Gasteiger partial charge < -0.3 is 10.0 Å². The average molecular weight is 448 g/mol. The minimum absolute atomic E-state index is 0.0778. The third kappa shape index (κ3) is 3.26. The molecule has 0 aromatic heterocycles. The minimum atomic E-state index is -0.752. The van der Waals surface area contributed by atoms with Gasteiger partial charge in [-0.25, -0.2) is 13.2 Å². The summed E-state index contributed by atoms with van der Waals surface area (Å²) < 4.78 is 43.7. The zero-order chi connectivity index (χ0) is 20.0. The molecular weight excluding hydrogens is 431 g/mol. The Morgan fingerprint density at radius 1 is 0.964 bits per heavy atom. The van der Waals surface area contributed by atoms with Crippen molar-refractivity contribution in [3.8, 4) is 5.75 Å². The van der Waals surface area contributed by atoms with E-state index in [-0.39, 0.29) is 23.2 Å². The molecule has 1 unspecified atom stereocenters. The average Bonchev–Trinajstić information content (AvgIpc) is 2.61. The van der Waals surface area contributed by atoms with Gasteiger partial charge in [0.1, 0.15) is 23.2 Å². The van der Waals surface area contributed by atoms with Crippen LogP contribution in [0.25, 0.3) is 0 Å². The fourth-order valence-electron chi connectivity index (χ4n) is 3.98. The quantitative estimate of drug-likeness (QED) is 0.511. The van der Waals surface area contributed by atoms with Crippen LogP contribution in [0.4, 0.5) is 18.9 Å². The standard InChI is InChI=1S/C22H17BrF3NO/c1-12-8-13-9-17(28)6-7-18(13)22(21-19(25)10-14(23)11-20(21)26)27(12)16-4-2-15(24)3-5-16/h2-7,9-12,22,28H,8H2,1H3/t12?,22-/m1/s1. The molecule has 3 aromatic carbocycles. The molecule has 144 valence electrons. The van der Waals surface area contributed by atoms with Gasteiger partial charge in [-0.3, -0.25) is 0 Å². The second-order valence-corrected chi connectivity index (χ2v) is 7.92. The molecule has 6 heteroatoms. The highest BCUT2D eigenvalue weighted by molar-refractivity contribution is 9.10. The number of rotatable bonds is 2. The van der Waals surface area contributed by atoms with E-state index in [1.807, 2.05) is 11.8 Å². The highest BCUT2D eigenvalue weighted by Crippen LogP contribution is 2.43. The molecule has 0 aliphatic carbocycles. The second-order valence-electron chi connectivity index (χ2n) is 7.01. The first-order valence-corrected chi connectivity index (χ1v) is 9.64. The molecule has 0 fully saturated rings. The first kappa shape index (κ1) is 18.9. The van der Waals surface area contributed by atoms with Crippen molar-refractivity contribution in [1.82, 2.24) is 0 Å². The molecule has 0 saturated heterocycles. The predicted octanol–water partition coefficient (Wildman–Crippen LogP) is 6.11. The number of hydrogen-bond acceptors (Lipinski definition) is 2. The topological polar surface area (TPSA) is 23.5 Å². The SMILES string of the molecule is CC1Cc2cc(O)ccc2[C@H](c2c(F)cc(Br)cc2F)N1c1ccc(F)cc1. The highest BCUT2D eigenvalue weighted by Gasteiger charge is 2.37. The summed E-state index contributed by atoms with van der Waals surface area (Å²) in [6.45, 7) is 1.94. The van der Waals surface area contributed by atoms with E-state index in [2.05, 4.69) is 15.9 Å². The van der Waals surface area contributed by atoms with Crippen molar-refractivity contribution < 1.29 is 18.3 Å². The molecule has 1 heterocycles. The van der Waals surface area contributed by atoms with Crippen LogP contribution >= 0.6 is 15.9 Å². The van der Waals surface area contributed by atoms with Crippen LogP contribution in [0.1, 0.15) is 29.7 Å². The molecule has 0 spiro atoms. The summed E-state index contributed by atoms with van der Waals surface area (Å²) in [5.74, 6) is -1.61. The third-order valence-electron chi connectivity index (χ3n) is 5.13. The van der Waals surface area contributed by atoms with Crippen LogP contribution in [-0.2, 0) is 6.42 Å². The van der Waals surface area contributed by atoms with Crippen molar-refractivity contribution in [3.63, 3.8) is 0 Å². The lowest BCUT2D eigenvalue weighted by atomic mass is 9.84. The Morgan fingerprint density at radius 2 is 1.61 bits per heavy atom. The minimum Gasteiger partial charge on any atom is -0.508 e. The van der Waals surface area contributed by atoms with Gasteiger partial charge in [-0.2, -0.15) is 0 Å². The summed E-state index contributed by atoms with van der Waals surface area (Å²) >= 11 is 3.12. The maximum atomic E-state index is 14.9. The van der Waals surface area contributed by atoms with Crippen LogP contribution in [0.15, 0.2) is 59.1 Å². The first-order chi connectivity index (χ1) is 13.3. The van der Waals surface area contributed by atoms with Crippen molar-refractivity contribution >= 4 is 21.6 Å². The molecule has 4 rings (SSSR count). The molecular formula is C22H17BrF3NO. The van der Waals surface area contributed by atoms with Gasteiger partial charge in [0.05, 0.1) is 11.6 Å². The number of aromatic hydroxyl groups is 1. The first-order valence-electron chi connectivity index (χ1n) is 8.85. The van der Waals surface area contributed by atoms with Crippen LogP contribution < -0.4 is 4.90 Å². The van der Waals surface area contributed by atoms with Gasteiger partial charge >= 0.3 is 0 Å². The smallest absolute Gasteiger partial charge is 0.132 e. The third-order valence-corrected chi connectivity index (χ3v) is 5.59. The Hall–Kier alpha value is -2.47. The summed E-state index contributed by atoms with van der Waals surface area (Å²) in [4.78, 5) is 1.90. The van der Waals surface area contributed by atoms with Crippen LogP contribution in [-0.4, -0.2) is 11.1 Å². The molecule has 3 aromatic rings. The van der Waals surface area contributed by atoms with Crippen molar-refractivity contribution in [2.24, 2.45) is 0 Å². The normalized spacial score (nSPS) is 18.8. The van der Waals surface area contributed by atoms with Gasteiger partial charge in [0.15, 0.2) is 0 Å². The lowest BCUT2D eigenvalue weighted by Crippen LogP contribution is -2.43. The van der Waals surface area contributed by atoms with Gasteiger partial charge in [-0.15, -0.1) is 0 Å². The Morgan fingerprint density at radius 3 is 2.25 bits per heavy atom. The predicted molar refractivity (Wildman–Crippen MR) is 106 cm³/mol. The summed E-state index contributed by atoms with van der Waals surface area (Å²) in [6, 6.07) is 12.3. The number of phenols is 1. The van der Waals surface area contributed by atoms with Gasteiger partial charge in [0.2, 0.25) is 0 Å². The van der Waals surface area contributed by atoms with Crippen molar-refractivity contribution in [2.45, 2.75) is 25.4 Å². The van der Waals surface area contributed by atoms with Gasteiger partial charge in [-0.1, -0.05) is 22.0 Å². The monoisotopic (exact) mass is 447 g/mol. The van der Waals surface area contributed by atoms with Gasteiger partial charge in [0.25, 0.3) is 0 Å². The summed E-state index contributed by atoms with van der Waals surface area (Å²) in [7, 11) is 0. The Kier molecular flexibility index (Phi) is 4.83. The fourth-order valence-corrected chi connectivity index (χ4v) is 4.38. The van der Waals surface area contributed by atoms with Crippen molar-refractivity contribution in [2.75, 3.05) is 4.90 Å². The maximum Gasteiger partial charge on any atom is 0.132 e. The van der Waals surface area contributed by atoms with Crippen LogP contribution in [0, 0.1) is 17.5 Å².